The molecular weight excluding hydrogens is 176 g/mol. The van der Waals surface area contributed by atoms with Crippen LogP contribution < -0.4 is 0 Å². The molecule has 1 aliphatic carbocycles. The van der Waals surface area contributed by atoms with E-state index in [0.717, 1.165) is 12.8 Å². The Balaban J connectivity index is 3.04. The van der Waals surface area contributed by atoms with E-state index in [4.69, 9.17) is 0 Å². The van der Waals surface area contributed by atoms with Gasteiger partial charge < -0.3 is 5.11 Å². The maximum atomic E-state index is 11.4. The Labute approximate surface area is 86.0 Å². The summed E-state index contributed by atoms with van der Waals surface area (Å²) in [6, 6.07) is 0. The summed E-state index contributed by atoms with van der Waals surface area (Å²) >= 11 is 0. The van der Waals surface area contributed by atoms with Gasteiger partial charge >= 0.3 is 5.97 Å². The fraction of sp³-hybridized carbons (Fsp3) is 0.667. The zero-order valence-electron chi connectivity index (χ0n) is 9.05. The lowest BCUT2D eigenvalue weighted by molar-refractivity contribution is -0.158. The second-order valence-corrected chi connectivity index (χ2v) is 4.74. The molecular formula is C12H19O2. The molecule has 1 unspecified atom stereocenters. The van der Waals surface area contributed by atoms with Gasteiger partial charge in [0.05, 0.1) is 5.41 Å². The van der Waals surface area contributed by atoms with Crippen LogP contribution in [0.25, 0.3) is 0 Å². The second kappa shape index (κ2) is 3.76. The van der Waals surface area contributed by atoms with Crippen molar-refractivity contribution in [2.75, 3.05) is 0 Å². The molecule has 1 aliphatic rings. The van der Waals surface area contributed by atoms with Gasteiger partial charge in [-0.3, -0.25) is 4.79 Å². The second-order valence-electron chi connectivity index (χ2n) is 4.74. The quantitative estimate of drug-likeness (QED) is 0.703. The summed E-state index contributed by atoms with van der Waals surface area (Å²) in [6.07, 6.45) is 6.98. The molecule has 0 saturated heterocycles. The van der Waals surface area contributed by atoms with E-state index < -0.39 is 11.4 Å². The number of rotatable bonds is 3. The minimum Gasteiger partial charge on any atom is -0.481 e. The normalized spacial score (nSPS) is 27.6. The Morgan fingerprint density at radius 2 is 2.21 bits per heavy atom. The number of carbonyl (C=O) groups is 1. The van der Waals surface area contributed by atoms with Gasteiger partial charge in [0.25, 0.3) is 0 Å². The van der Waals surface area contributed by atoms with Gasteiger partial charge in [-0.15, -0.1) is 0 Å². The highest BCUT2D eigenvalue weighted by Gasteiger charge is 2.49. The highest BCUT2D eigenvalue weighted by Crippen LogP contribution is 2.49. The molecule has 2 heteroatoms. The fourth-order valence-corrected chi connectivity index (χ4v) is 2.17. The van der Waals surface area contributed by atoms with Crippen LogP contribution in [0, 0.1) is 17.8 Å². The summed E-state index contributed by atoms with van der Waals surface area (Å²) in [6.45, 7) is 7.89. The molecule has 1 rings (SSSR count). The standard InChI is InChI=1S/C12H19O2/c1-4-11(2,3)12(10(13)14)8-6-5-7-9-12/h5-6H,1,4,7-9H2,2-3H3,(H,13,14). The lowest BCUT2D eigenvalue weighted by Crippen LogP contribution is -2.44. The summed E-state index contributed by atoms with van der Waals surface area (Å²) in [5.41, 5.74) is -0.840. The van der Waals surface area contributed by atoms with Crippen LogP contribution in [0.15, 0.2) is 12.2 Å². The smallest absolute Gasteiger partial charge is 0.310 e. The molecule has 2 nitrogen and oxygen atoms in total. The zero-order chi connectivity index (χ0) is 10.8. The van der Waals surface area contributed by atoms with Crippen LogP contribution in [0.1, 0.15) is 39.5 Å². The lowest BCUT2D eigenvalue weighted by atomic mass is 9.59. The van der Waals surface area contributed by atoms with Crippen LogP contribution in [0.2, 0.25) is 0 Å². The van der Waals surface area contributed by atoms with Crippen LogP contribution in [0.5, 0.6) is 0 Å². The highest BCUT2D eigenvalue weighted by atomic mass is 16.4. The predicted octanol–water partition coefficient (Wildman–Crippen LogP) is 3.05. The minimum absolute atomic E-state index is 0.233. The molecule has 1 radical (unpaired) electrons. The summed E-state index contributed by atoms with van der Waals surface area (Å²) in [4.78, 5) is 11.4. The van der Waals surface area contributed by atoms with Crippen molar-refractivity contribution in [1.29, 1.82) is 0 Å². The fourth-order valence-electron chi connectivity index (χ4n) is 2.17. The molecule has 0 saturated carbocycles. The van der Waals surface area contributed by atoms with Crippen molar-refractivity contribution in [3.63, 3.8) is 0 Å². The van der Waals surface area contributed by atoms with E-state index in [1.807, 2.05) is 19.9 Å². The first-order valence-electron chi connectivity index (χ1n) is 5.14. The van der Waals surface area contributed by atoms with E-state index in [1.165, 1.54) is 0 Å². The third kappa shape index (κ3) is 1.58. The van der Waals surface area contributed by atoms with Gasteiger partial charge in [-0.25, -0.2) is 0 Å². The van der Waals surface area contributed by atoms with E-state index >= 15 is 0 Å². The van der Waals surface area contributed by atoms with E-state index in [0.29, 0.717) is 12.8 Å². The molecule has 0 heterocycles. The molecule has 1 N–H and O–H groups in total. The van der Waals surface area contributed by atoms with E-state index in [1.54, 1.807) is 0 Å². The SMILES string of the molecule is [CH2]CC(C)(C)C1(C(=O)O)CC=CCC1. The molecule has 14 heavy (non-hydrogen) atoms. The van der Waals surface area contributed by atoms with Crippen molar-refractivity contribution in [2.45, 2.75) is 39.5 Å². The zero-order valence-corrected chi connectivity index (χ0v) is 9.05. The number of carboxylic acids is 1. The summed E-state index contributed by atoms with van der Waals surface area (Å²) in [5, 5.41) is 9.39. The Kier molecular flexibility index (Phi) is 3.03. The van der Waals surface area contributed by atoms with Crippen LogP contribution in [0.4, 0.5) is 0 Å². The number of carboxylic acid groups (broad SMARTS) is 1. The molecule has 0 aliphatic heterocycles. The molecule has 0 spiro atoms. The maximum absolute atomic E-state index is 11.4. The number of hydrogen-bond acceptors (Lipinski definition) is 1. The van der Waals surface area contributed by atoms with Crippen molar-refractivity contribution in [2.24, 2.45) is 10.8 Å². The molecule has 0 aromatic carbocycles. The number of aliphatic carboxylic acids is 1. The number of allylic oxidation sites excluding steroid dienone is 2. The third-order valence-corrected chi connectivity index (χ3v) is 3.70. The summed E-state index contributed by atoms with van der Waals surface area (Å²) in [7, 11) is 0. The molecule has 0 aromatic rings. The van der Waals surface area contributed by atoms with Crippen LogP contribution in [0.3, 0.4) is 0 Å². The van der Waals surface area contributed by atoms with Gasteiger partial charge in [0, 0.05) is 0 Å². The van der Waals surface area contributed by atoms with Gasteiger partial charge in [0.15, 0.2) is 0 Å². The molecule has 0 amide bonds. The van der Waals surface area contributed by atoms with Crippen LogP contribution >= 0.6 is 0 Å². The molecule has 0 fully saturated rings. The molecule has 0 bridgehead atoms. The molecule has 1 atom stereocenters. The molecule has 79 valence electrons. The summed E-state index contributed by atoms with van der Waals surface area (Å²) < 4.78 is 0. The van der Waals surface area contributed by atoms with Gasteiger partial charge in [0.2, 0.25) is 0 Å². The topological polar surface area (TPSA) is 37.3 Å². The first-order valence-corrected chi connectivity index (χ1v) is 5.14. The maximum Gasteiger partial charge on any atom is 0.310 e. The Morgan fingerprint density at radius 1 is 1.57 bits per heavy atom. The largest absolute Gasteiger partial charge is 0.481 e. The van der Waals surface area contributed by atoms with Crippen molar-refractivity contribution in [1.82, 2.24) is 0 Å². The average molecular weight is 195 g/mol. The summed E-state index contributed by atoms with van der Waals surface area (Å²) in [5.74, 6) is -0.671. The third-order valence-electron chi connectivity index (χ3n) is 3.70. The van der Waals surface area contributed by atoms with Gasteiger partial charge in [-0.1, -0.05) is 32.9 Å². The van der Waals surface area contributed by atoms with E-state index in [2.05, 4.69) is 13.0 Å². The van der Waals surface area contributed by atoms with Crippen LogP contribution in [-0.2, 0) is 4.79 Å². The van der Waals surface area contributed by atoms with Crippen LogP contribution in [-0.4, -0.2) is 11.1 Å². The van der Waals surface area contributed by atoms with Crippen molar-refractivity contribution in [3.8, 4) is 0 Å². The Bertz CT molecular complexity index is 253. The minimum atomic E-state index is -0.671. The first-order chi connectivity index (χ1) is 6.46. The first kappa shape index (κ1) is 11.3. The van der Waals surface area contributed by atoms with E-state index in [9.17, 15) is 9.90 Å². The van der Waals surface area contributed by atoms with Gasteiger partial charge in [0.1, 0.15) is 0 Å². The van der Waals surface area contributed by atoms with Crippen molar-refractivity contribution in [3.05, 3.63) is 19.1 Å². The van der Waals surface area contributed by atoms with Crippen molar-refractivity contribution >= 4 is 5.97 Å². The Morgan fingerprint density at radius 3 is 2.57 bits per heavy atom. The molecule has 0 aromatic heterocycles. The lowest BCUT2D eigenvalue weighted by Gasteiger charge is -2.44. The van der Waals surface area contributed by atoms with Gasteiger partial charge in [-0.05, 0) is 31.1 Å². The van der Waals surface area contributed by atoms with E-state index in [-0.39, 0.29) is 5.41 Å². The monoisotopic (exact) mass is 195 g/mol. The highest BCUT2D eigenvalue weighted by molar-refractivity contribution is 5.76. The number of hydrogen-bond donors (Lipinski definition) is 1. The predicted molar refractivity (Wildman–Crippen MR) is 56.8 cm³/mol. The van der Waals surface area contributed by atoms with Gasteiger partial charge in [-0.2, -0.15) is 0 Å². The van der Waals surface area contributed by atoms with Crippen molar-refractivity contribution < 1.29 is 9.90 Å². The Hall–Kier alpha value is -0.790. The average Bonchev–Trinajstić information content (AvgIpc) is 2.18.